The first kappa shape index (κ1) is 10.6. The number of benzene rings is 1. The van der Waals surface area contributed by atoms with Gasteiger partial charge in [-0.2, -0.15) is 0 Å². The number of aliphatic hydroxyl groups is 1. The van der Waals surface area contributed by atoms with Gasteiger partial charge in [0, 0.05) is 10.6 Å². The molecule has 0 bridgehead atoms. The molecule has 3 nitrogen and oxygen atoms in total. The molecule has 0 spiro atoms. The molecule has 0 aliphatic rings. The van der Waals surface area contributed by atoms with E-state index in [-0.39, 0.29) is 5.57 Å². The van der Waals surface area contributed by atoms with Gasteiger partial charge in [0.15, 0.2) is 0 Å². The van der Waals surface area contributed by atoms with Gasteiger partial charge in [-0.25, -0.2) is 4.79 Å². The summed E-state index contributed by atoms with van der Waals surface area (Å²) in [4.78, 5) is 11.2. The number of rotatable bonds is 2. The van der Waals surface area contributed by atoms with Gasteiger partial charge in [-0.05, 0) is 6.07 Å². The van der Waals surface area contributed by atoms with Crippen LogP contribution in [0.1, 0.15) is 5.56 Å². The SMILES string of the molecule is COC(=O)/C(=C/O)c1ccccc1Cl. The summed E-state index contributed by atoms with van der Waals surface area (Å²) in [5.41, 5.74) is 0.488. The molecule has 0 atom stereocenters. The van der Waals surface area contributed by atoms with Crippen molar-refractivity contribution in [3.8, 4) is 0 Å². The van der Waals surface area contributed by atoms with Crippen LogP contribution in [0.5, 0.6) is 0 Å². The van der Waals surface area contributed by atoms with Crippen molar-refractivity contribution >= 4 is 23.1 Å². The number of halogens is 1. The highest BCUT2D eigenvalue weighted by Gasteiger charge is 2.14. The number of esters is 1. The van der Waals surface area contributed by atoms with Crippen molar-refractivity contribution in [1.29, 1.82) is 0 Å². The number of carbonyl (C=O) groups is 1. The van der Waals surface area contributed by atoms with Crippen LogP contribution in [0.25, 0.3) is 5.57 Å². The van der Waals surface area contributed by atoms with Gasteiger partial charge in [0.05, 0.1) is 13.4 Å². The predicted octanol–water partition coefficient (Wildman–Crippen LogP) is 2.41. The van der Waals surface area contributed by atoms with E-state index in [9.17, 15) is 4.79 Å². The van der Waals surface area contributed by atoms with E-state index in [1.54, 1.807) is 24.3 Å². The summed E-state index contributed by atoms with van der Waals surface area (Å²) in [5.74, 6) is -0.624. The van der Waals surface area contributed by atoms with Gasteiger partial charge in [0.25, 0.3) is 0 Å². The van der Waals surface area contributed by atoms with Crippen molar-refractivity contribution in [3.63, 3.8) is 0 Å². The highest BCUT2D eigenvalue weighted by Crippen LogP contribution is 2.23. The molecular formula is C10H9ClO3. The van der Waals surface area contributed by atoms with Crippen LogP contribution in [0.4, 0.5) is 0 Å². The lowest BCUT2D eigenvalue weighted by Crippen LogP contribution is -2.04. The van der Waals surface area contributed by atoms with Gasteiger partial charge >= 0.3 is 5.97 Å². The predicted molar refractivity (Wildman–Crippen MR) is 54.1 cm³/mol. The lowest BCUT2D eigenvalue weighted by molar-refractivity contribution is -0.133. The highest BCUT2D eigenvalue weighted by molar-refractivity contribution is 6.34. The fourth-order valence-corrected chi connectivity index (χ4v) is 1.26. The first-order valence-electron chi connectivity index (χ1n) is 3.88. The van der Waals surface area contributed by atoms with Gasteiger partial charge in [0.1, 0.15) is 5.57 Å². The highest BCUT2D eigenvalue weighted by atomic mass is 35.5. The Bertz CT molecular complexity index is 371. The maximum Gasteiger partial charge on any atom is 0.341 e. The fraction of sp³-hybridized carbons (Fsp3) is 0.100. The Morgan fingerprint density at radius 3 is 2.64 bits per heavy atom. The molecule has 1 aromatic carbocycles. The fourth-order valence-electron chi connectivity index (χ4n) is 1.02. The molecule has 0 aliphatic heterocycles. The number of carbonyl (C=O) groups excluding carboxylic acids is 1. The largest absolute Gasteiger partial charge is 0.515 e. The number of methoxy groups -OCH3 is 1. The monoisotopic (exact) mass is 212 g/mol. The summed E-state index contributed by atoms with van der Waals surface area (Å²) in [6, 6.07) is 6.70. The van der Waals surface area contributed by atoms with E-state index in [1.165, 1.54) is 7.11 Å². The van der Waals surface area contributed by atoms with Gasteiger partial charge in [0.2, 0.25) is 0 Å². The van der Waals surface area contributed by atoms with Crippen LogP contribution in [0.15, 0.2) is 30.5 Å². The Morgan fingerprint density at radius 1 is 1.50 bits per heavy atom. The minimum absolute atomic E-state index is 0.0399. The minimum Gasteiger partial charge on any atom is -0.515 e. The van der Waals surface area contributed by atoms with Gasteiger partial charge in [-0.15, -0.1) is 0 Å². The van der Waals surface area contributed by atoms with Crippen molar-refractivity contribution in [2.45, 2.75) is 0 Å². The van der Waals surface area contributed by atoms with Crippen LogP contribution in [0.3, 0.4) is 0 Å². The molecule has 4 heteroatoms. The van der Waals surface area contributed by atoms with Crippen LogP contribution in [0, 0.1) is 0 Å². The van der Waals surface area contributed by atoms with E-state index in [2.05, 4.69) is 4.74 Å². The summed E-state index contributed by atoms with van der Waals surface area (Å²) in [6.45, 7) is 0. The van der Waals surface area contributed by atoms with E-state index >= 15 is 0 Å². The zero-order chi connectivity index (χ0) is 10.6. The lowest BCUT2D eigenvalue weighted by Gasteiger charge is -2.05. The zero-order valence-corrected chi connectivity index (χ0v) is 8.28. The van der Waals surface area contributed by atoms with Gasteiger partial charge in [-0.3, -0.25) is 0 Å². The number of hydrogen-bond donors (Lipinski definition) is 1. The Morgan fingerprint density at radius 2 is 2.14 bits per heavy atom. The summed E-state index contributed by atoms with van der Waals surface area (Å²) >= 11 is 5.84. The van der Waals surface area contributed by atoms with Gasteiger partial charge < -0.3 is 9.84 Å². The summed E-state index contributed by atoms with van der Waals surface area (Å²) in [6.07, 6.45) is 0.688. The molecule has 14 heavy (non-hydrogen) atoms. The second-order valence-electron chi connectivity index (χ2n) is 2.51. The summed E-state index contributed by atoms with van der Waals surface area (Å²) in [7, 11) is 1.24. The van der Waals surface area contributed by atoms with Crippen LogP contribution in [-0.4, -0.2) is 18.2 Å². The number of hydrogen-bond acceptors (Lipinski definition) is 3. The van der Waals surface area contributed by atoms with Crippen molar-refractivity contribution in [1.82, 2.24) is 0 Å². The third-order valence-corrected chi connectivity index (χ3v) is 2.03. The first-order chi connectivity index (χ1) is 6.70. The number of ether oxygens (including phenoxy) is 1. The number of aliphatic hydroxyl groups excluding tert-OH is 1. The molecule has 0 heterocycles. The smallest absolute Gasteiger partial charge is 0.341 e. The van der Waals surface area contributed by atoms with Gasteiger partial charge in [-0.1, -0.05) is 29.8 Å². The van der Waals surface area contributed by atoms with E-state index in [1.807, 2.05) is 0 Å². The molecule has 0 amide bonds. The standard InChI is InChI=1S/C10H9ClO3/c1-14-10(13)8(6-12)7-4-2-3-5-9(7)11/h2-6,12H,1H3/b8-6+. The Hall–Kier alpha value is -1.48. The van der Waals surface area contributed by atoms with Crippen LogP contribution >= 0.6 is 11.6 Å². The summed E-state index contributed by atoms with van der Waals surface area (Å²) in [5, 5.41) is 9.27. The zero-order valence-electron chi connectivity index (χ0n) is 7.53. The van der Waals surface area contributed by atoms with Crippen molar-refractivity contribution in [2.75, 3.05) is 7.11 Å². The molecule has 1 N–H and O–H groups in total. The van der Waals surface area contributed by atoms with Crippen LogP contribution in [0.2, 0.25) is 5.02 Å². The van der Waals surface area contributed by atoms with Crippen molar-refractivity contribution in [3.05, 3.63) is 41.1 Å². The molecule has 0 saturated carbocycles. The Labute approximate surface area is 86.6 Å². The topological polar surface area (TPSA) is 46.5 Å². The van der Waals surface area contributed by atoms with E-state index in [4.69, 9.17) is 16.7 Å². The molecule has 74 valence electrons. The first-order valence-corrected chi connectivity index (χ1v) is 4.26. The third-order valence-electron chi connectivity index (χ3n) is 1.70. The summed E-state index contributed by atoms with van der Waals surface area (Å²) < 4.78 is 4.49. The Kier molecular flexibility index (Phi) is 3.54. The van der Waals surface area contributed by atoms with E-state index in [0.717, 1.165) is 0 Å². The Balaban J connectivity index is 3.15. The average molecular weight is 213 g/mol. The molecule has 0 saturated heterocycles. The molecular weight excluding hydrogens is 204 g/mol. The van der Waals surface area contributed by atoms with E-state index < -0.39 is 5.97 Å². The second kappa shape index (κ2) is 4.67. The maximum absolute atomic E-state index is 11.2. The molecule has 0 radical (unpaired) electrons. The maximum atomic E-state index is 11.2. The lowest BCUT2D eigenvalue weighted by atomic mass is 10.1. The van der Waals surface area contributed by atoms with Crippen molar-refractivity contribution in [2.24, 2.45) is 0 Å². The normalized spacial score (nSPS) is 11.1. The molecule has 1 rings (SSSR count). The molecule has 0 aliphatic carbocycles. The molecule has 0 unspecified atom stereocenters. The average Bonchev–Trinajstić information content (AvgIpc) is 2.21. The van der Waals surface area contributed by atoms with Crippen LogP contribution in [-0.2, 0) is 9.53 Å². The second-order valence-corrected chi connectivity index (χ2v) is 2.92. The minimum atomic E-state index is -0.624. The molecule has 1 aromatic rings. The van der Waals surface area contributed by atoms with Crippen molar-refractivity contribution < 1.29 is 14.6 Å². The van der Waals surface area contributed by atoms with E-state index in [0.29, 0.717) is 16.8 Å². The van der Waals surface area contributed by atoms with Crippen LogP contribution < -0.4 is 0 Å². The third kappa shape index (κ3) is 2.06. The quantitative estimate of drug-likeness (QED) is 0.465. The molecule has 0 fully saturated rings. The molecule has 0 aromatic heterocycles.